The van der Waals surface area contributed by atoms with Crippen molar-refractivity contribution in [3.05, 3.63) is 79.4 Å². The van der Waals surface area contributed by atoms with Crippen LogP contribution in [-0.4, -0.2) is 22.7 Å². The van der Waals surface area contributed by atoms with Crippen LogP contribution in [0.15, 0.2) is 53.2 Å². The summed E-state index contributed by atoms with van der Waals surface area (Å²) < 4.78 is 0. The Balaban J connectivity index is 1.55. The van der Waals surface area contributed by atoms with Crippen molar-refractivity contribution in [3.8, 4) is 0 Å². The number of imide groups is 1. The molecule has 0 fully saturated rings. The third-order valence-electron chi connectivity index (χ3n) is 4.83. The zero-order valence-corrected chi connectivity index (χ0v) is 20.3. The molecule has 11 heteroatoms. The zero-order chi connectivity index (χ0) is 23.9. The van der Waals surface area contributed by atoms with Crippen LogP contribution in [0.4, 0.5) is 16.5 Å². The number of nitrogens with one attached hydrogen (secondary N) is 2. The molecule has 0 unspecified atom stereocenters. The van der Waals surface area contributed by atoms with Gasteiger partial charge in [0.05, 0.1) is 21.4 Å². The summed E-state index contributed by atoms with van der Waals surface area (Å²) in [6, 6.07) is 10.8. The van der Waals surface area contributed by atoms with Crippen molar-refractivity contribution >= 4 is 80.4 Å². The summed E-state index contributed by atoms with van der Waals surface area (Å²) in [5.41, 5.74) is 1.70. The van der Waals surface area contributed by atoms with E-state index in [1.54, 1.807) is 24.3 Å². The first-order valence-electron chi connectivity index (χ1n) is 9.52. The summed E-state index contributed by atoms with van der Waals surface area (Å²) in [5.74, 6) is -1.73. The highest BCUT2D eigenvalue weighted by molar-refractivity contribution is 7.15. The summed E-state index contributed by atoms with van der Waals surface area (Å²) in [5, 5.41) is 6.30. The van der Waals surface area contributed by atoms with E-state index in [0.29, 0.717) is 16.4 Å². The first-order chi connectivity index (χ1) is 15.7. The average Bonchev–Trinajstić information content (AvgIpc) is 3.20. The van der Waals surface area contributed by atoms with E-state index in [1.807, 2.05) is 13.8 Å². The third-order valence-corrected chi connectivity index (χ3v) is 6.91. The van der Waals surface area contributed by atoms with E-state index in [-0.39, 0.29) is 32.4 Å². The van der Waals surface area contributed by atoms with Gasteiger partial charge in [-0.15, -0.1) is 11.3 Å². The van der Waals surface area contributed by atoms with E-state index in [9.17, 15) is 14.4 Å². The van der Waals surface area contributed by atoms with Gasteiger partial charge < -0.3 is 5.32 Å². The second-order valence-electron chi connectivity index (χ2n) is 7.05. The number of amides is 3. The number of hydrogen-bond donors (Lipinski definition) is 2. The van der Waals surface area contributed by atoms with E-state index >= 15 is 0 Å². The molecular weight excluding hydrogens is 507 g/mol. The van der Waals surface area contributed by atoms with Gasteiger partial charge in [-0.2, -0.15) is 0 Å². The van der Waals surface area contributed by atoms with Gasteiger partial charge >= 0.3 is 0 Å². The van der Waals surface area contributed by atoms with Gasteiger partial charge in [0.1, 0.15) is 10.7 Å². The van der Waals surface area contributed by atoms with E-state index in [2.05, 4.69) is 15.6 Å². The number of aryl methyl sites for hydroxylation is 2. The van der Waals surface area contributed by atoms with Crippen LogP contribution >= 0.6 is 46.1 Å². The predicted octanol–water partition coefficient (Wildman–Crippen LogP) is 5.75. The van der Waals surface area contributed by atoms with Crippen LogP contribution < -0.4 is 15.5 Å². The van der Waals surface area contributed by atoms with Crippen LogP contribution in [0.25, 0.3) is 0 Å². The number of rotatable bonds is 5. The second kappa shape index (κ2) is 9.15. The van der Waals surface area contributed by atoms with Crippen molar-refractivity contribution in [3.63, 3.8) is 0 Å². The number of anilines is 3. The molecule has 0 radical (unpaired) electrons. The predicted molar refractivity (Wildman–Crippen MR) is 131 cm³/mol. The first-order valence-corrected chi connectivity index (χ1v) is 11.5. The highest BCUT2D eigenvalue weighted by atomic mass is 35.5. The molecule has 33 heavy (non-hydrogen) atoms. The maximum absolute atomic E-state index is 13.0. The van der Waals surface area contributed by atoms with Gasteiger partial charge in [0.2, 0.25) is 0 Å². The smallest absolute Gasteiger partial charge is 0.283 e. The SMILES string of the molecule is Cc1nc(NC(=O)c2cccc(NC3=C(Cl)C(=O)N(c4ccc(Cl)c(Cl)c4)C3=O)c2)sc1C. The van der Waals surface area contributed by atoms with Crippen LogP contribution in [0.2, 0.25) is 10.0 Å². The molecule has 1 aliphatic rings. The van der Waals surface area contributed by atoms with E-state index < -0.39 is 11.8 Å². The summed E-state index contributed by atoms with van der Waals surface area (Å²) in [7, 11) is 0. The topological polar surface area (TPSA) is 91.4 Å². The molecule has 0 spiro atoms. The Morgan fingerprint density at radius 1 is 1.00 bits per heavy atom. The van der Waals surface area contributed by atoms with Crippen LogP contribution in [0, 0.1) is 13.8 Å². The number of halogens is 3. The molecular formula is C22H15Cl3N4O3S. The molecule has 0 aliphatic carbocycles. The van der Waals surface area contributed by atoms with E-state index in [1.165, 1.54) is 29.5 Å². The number of nitrogens with zero attached hydrogens (tertiary/aromatic N) is 2. The number of carbonyl (C=O) groups is 3. The molecule has 0 atom stereocenters. The maximum Gasteiger partial charge on any atom is 0.283 e. The summed E-state index contributed by atoms with van der Waals surface area (Å²) in [4.78, 5) is 44.5. The molecule has 3 amide bonds. The number of thiazole rings is 1. The second-order valence-corrected chi connectivity index (χ2v) is 9.45. The standard InChI is InChI=1S/C22H15Cl3N4O3S/c1-10-11(2)33-22(26-10)28-19(30)12-4-3-5-13(8-12)27-18-17(25)20(31)29(21(18)32)14-6-7-15(23)16(24)9-14/h3-9,27H,1-2H3,(H,26,28,30). The van der Waals surface area contributed by atoms with Crippen molar-refractivity contribution in [2.75, 3.05) is 15.5 Å². The molecule has 1 aliphatic heterocycles. The zero-order valence-electron chi connectivity index (χ0n) is 17.2. The summed E-state index contributed by atoms with van der Waals surface area (Å²) in [6.45, 7) is 3.79. The van der Waals surface area contributed by atoms with E-state index in [0.717, 1.165) is 15.5 Å². The Bertz CT molecular complexity index is 1330. The molecule has 2 heterocycles. The molecule has 2 N–H and O–H groups in total. The van der Waals surface area contributed by atoms with Gasteiger partial charge in [-0.3, -0.25) is 19.7 Å². The van der Waals surface area contributed by atoms with Crippen LogP contribution in [0.5, 0.6) is 0 Å². The van der Waals surface area contributed by atoms with Gasteiger partial charge in [0.15, 0.2) is 5.13 Å². The van der Waals surface area contributed by atoms with Gasteiger partial charge in [0.25, 0.3) is 17.7 Å². The third kappa shape index (κ3) is 4.60. The Morgan fingerprint density at radius 2 is 1.76 bits per heavy atom. The highest BCUT2D eigenvalue weighted by Crippen LogP contribution is 2.33. The lowest BCUT2D eigenvalue weighted by atomic mass is 10.2. The van der Waals surface area contributed by atoms with Gasteiger partial charge in [-0.25, -0.2) is 9.88 Å². The normalized spacial score (nSPS) is 13.7. The van der Waals surface area contributed by atoms with Crippen molar-refractivity contribution in [2.45, 2.75) is 13.8 Å². The largest absolute Gasteiger partial charge is 0.350 e. The van der Waals surface area contributed by atoms with Gasteiger partial charge in [-0.1, -0.05) is 40.9 Å². The van der Waals surface area contributed by atoms with Crippen molar-refractivity contribution in [1.29, 1.82) is 0 Å². The number of aromatic nitrogens is 1. The van der Waals surface area contributed by atoms with Crippen molar-refractivity contribution < 1.29 is 14.4 Å². The maximum atomic E-state index is 13.0. The minimum absolute atomic E-state index is 0.114. The Morgan fingerprint density at radius 3 is 2.42 bits per heavy atom. The van der Waals surface area contributed by atoms with Crippen LogP contribution in [0.3, 0.4) is 0 Å². The summed E-state index contributed by atoms with van der Waals surface area (Å²) in [6.07, 6.45) is 0. The minimum Gasteiger partial charge on any atom is -0.350 e. The van der Waals surface area contributed by atoms with E-state index in [4.69, 9.17) is 34.8 Å². The number of benzene rings is 2. The van der Waals surface area contributed by atoms with Crippen molar-refractivity contribution in [2.24, 2.45) is 0 Å². The number of hydrogen-bond acceptors (Lipinski definition) is 6. The molecule has 3 aromatic rings. The lowest BCUT2D eigenvalue weighted by Crippen LogP contribution is -2.32. The fourth-order valence-corrected chi connectivity index (χ4v) is 4.36. The van der Waals surface area contributed by atoms with Gasteiger partial charge in [-0.05, 0) is 50.2 Å². The first kappa shape index (κ1) is 23.3. The Kier molecular flexibility index (Phi) is 6.45. The van der Waals surface area contributed by atoms with Crippen LogP contribution in [-0.2, 0) is 9.59 Å². The molecule has 0 saturated heterocycles. The fraction of sp³-hybridized carbons (Fsp3) is 0.0909. The Labute approximate surface area is 208 Å². The average molecular weight is 522 g/mol. The van der Waals surface area contributed by atoms with Crippen LogP contribution in [0.1, 0.15) is 20.9 Å². The highest BCUT2D eigenvalue weighted by Gasteiger charge is 2.39. The lowest BCUT2D eigenvalue weighted by molar-refractivity contribution is -0.120. The fourth-order valence-electron chi connectivity index (χ4n) is 3.05. The molecule has 1 aromatic heterocycles. The monoisotopic (exact) mass is 520 g/mol. The quantitative estimate of drug-likeness (QED) is 0.417. The van der Waals surface area contributed by atoms with Gasteiger partial charge in [0, 0.05) is 16.1 Å². The molecule has 4 rings (SSSR count). The molecule has 0 bridgehead atoms. The van der Waals surface area contributed by atoms with Crippen molar-refractivity contribution in [1.82, 2.24) is 4.98 Å². The molecule has 168 valence electrons. The minimum atomic E-state index is -0.703. The number of carbonyl (C=O) groups excluding carboxylic acids is 3. The lowest BCUT2D eigenvalue weighted by Gasteiger charge is -2.16. The molecule has 2 aromatic carbocycles. The molecule has 0 saturated carbocycles. The Hall–Kier alpha value is -2.91. The summed E-state index contributed by atoms with van der Waals surface area (Å²) >= 11 is 19.5. The molecule has 7 nitrogen and oxygen atoms in total.